The van der Waals surface area contributed by atoms with Gasteiger partial charge in [0, 0.05) is 45.0 Å². The molecule has 0 spiro atoms. The molecule has 0 radical (unpaired) electrons. The summed E-state index contributed by atoms with van der Waals surface area (Å²) in [5, 5.41) is 0. The van der Waals surface area contributed by atoms with Gasteiger partial charge < -0.3 is 15.2 Å². The van der Waals surface area contributed by atoms with Gasteiger partial charge in [0.2, 0.25) is 10.0 Å². The van der Waals surface area contributed by atoms with Crippen molar-refractivity contribution in [2.45, 2.75) is 4.90 Å². The largest absolute Gasteiger partial charge is 0.364 e. The van der Waals surface area contributed by atoms with E-state index in [9.17, 15) is 26.8 Å². The Balaban J connectivity index is 1.72. The normalized spacial score (nSPS) is 15.6. The smallest absolute Gasteiger partial charge is 0.265 e. The third-order valence-corrected chi connectivity index (χ3v) is 6.43. The highest BCUT2D eigenvalue weighted by molar-refractivity contribution is 7.89. The molecule has 11 heteroatoms. The van der Waals surface area contributed by atoms with Crippen molar-refractivity contribution >= 4 is 21.8 Å². The number of nitrogens with two attached hydrogens (primary N) is 1. The average Bonchev–Trinajstić information content (AvgIpc) is 3.06. The summed E-state index contributed by atoms with van der Waals surface area (Å²) in [7, 11) is -2.35. The predicted octanol–water partition coefficient (Wildman–Crippen LogP) is 0.549. The Morgan fingerprint density at radius 2 is 1.68 bits per heavy atom. The molecule has 0 aliphatic carbocycles. The number of carbonyl (C=O) groups excluding carboxylic acids is 2. The maximum atomic E-state index is 13.3. The van der Waals surface area contributed by atoms with Gasteiger partial charge in [0.05, 0.1) is 0 Å². The van der Waals surface area contributed by atoms with Crippen LogP contribution in [0.3, 0.4) is 0 Å². The van der Waals surface area contributed by atoms with Crippen molar-refractivity contribution in [2.24, 2.45) is 12.8 Å². The Labute approximate surface area is 160 Å². The zero-order valence-electron chi connectivity index (χ0n) is 14.9. The fourth-order valence-corrected chi connectivity index (χ4v) is 4.51. The van der Waals surface area contributed by atoms with Crippen LogP contribution >= 0.6 is 0 Å². The monoisotopic (exact) mass is 412 g/mol. The standard InChI is InChI=1S/C17H18F2N4O4S/c1-21-10-12(9-15(21)16(20)24)28(26,27)23-6-4-22(5-7-23)17(25)11-2-3-13(18)14(19)8-11/h2-3,8-10H,4-7H2,1H3,(H2,20,24). The fourth-order valence-electron chi connectivity index (χ4n) is 3.01. The molecular weight excluding hydrogens is 394 g/mol. The summed E-state index contributed by atoms with van der Waals surface area (Å²) in [5.41, 5.74) is 5.26. The highest BCUT2D eigenvalue weighted by atomic mass is 32.2. The van der Waals surface area contributed by atoms with E-state index in [0.29, 0.717) is 0 Å². The van der Waals surface area contributed by atoms with E-state index in [1.807, 2.05) is 0 Å². The molecule has 2 amide bonds. The van der Waals surface area contributed by atoms with Gasteiger partial charge in [0.1, 0.15) is 10.6 Å². The van der Waals surface area contributed by atoms with Crippen molar-refractivity contribution in [3.8, 4) is 0 Å². The van der Waals surface area contributed by atoms with Gasteiger partial charge >= 0.3 is 0 Å². The van der Waals surface area contributed by atoms with Crippen LogP contribution in [0.2, 0.25) is 0 Å². The number of piperazine rings is 1. The summed E-state index contributed by atoms with van der Waals surface area (Å²) >= 11 is 0. The summed E-state index contributed by atoms with van der Waals surface area (Å²) in [6, 6.07) is 4.07. The van der Waals surface area contributed by atoms with E-state index in [4.69, 9.17) is 5.73 Å². The van der Waals surface area contributed by atoms with Crippen molar-refractivity contribution < 1.29 is 26.8 Å². The third kappa shape index (κ3) is 3.62. The number of halogens is 2. The lowest BCUT2D eigenvalue weighted by Gasteiger charge is -2.33. The molecule has 3 rings (SSSR count). The van der Waals surface area contributed by atoms with Gasteiger partial charge in [-0.1, -0.05) is 0 Å². The van der Waals surface area contributed by atoms with Crippen LogP contribution < -0.4 is 5.73 Å². The van der Waals surface area contributed by atoms with Crippen molar-refractivity contribution in [2.75, 3.05) is 26.2 Å². The lowest BCUT2D eigenvalue weighted by molar-refractivity contribution is 0.0697. The maximum Gasteiger partial charge on any atom is 0.265 e. The van der Waals surface area contributed by atoms with Crippen molar-refractivity contribution in [3.05, 3.63) is 53.4 Å². The predicted molar refractivity (Wildman–Crippen MR) is 95.0 cm³/mol. The number of aromatic nitrogens is 1. The molecule has 1 aromatic carbocycles. The van der Waals surface area contributed by atoms with Gasteiger partial charge in [-0.3, -0.25) is 9.59 Å². The minimum atomic E-state index is -3.87. The molecule has 150 valence electrons. The van der Waals surface area contributed by atoms with Gasteiger partial charge in [0.15, 0.2) is 11.6 Å². The minimum absolute atomic E-state index is 0.00985. The van der Waals surface area contributed by atoms with Crippen LogP contribution in [0.1, 0.15) is 20.8 Å². The first-order valence-electron chi connectivity index (χ1n) is 8.32. The van der Waals surface area contributed by atoms with E-state index in [2.05, 4.69) is 0 Å². The second-order valence-electron chi connectivity index (χ2n) is 6.36. The summed E-state index contributed by atoms with van der Waals surface area (Å²) < 4.78 is 54.4. The van der Waals surface area contributed by atoms with Crippen LogP contribution in [0.4, 0.5) is 8.78 Å². The number of aryl methyl sites for hydroxylation is 1. The van der Waals surface area contributed by atoms with Crippen molar-refractivity contribution in [1.29, 1.82) is 0 Å². The number of sulfonamides is 1. The van der Waals surface area contributed by atoms with Gasteiger partial charge in [-0.2, -0.15) is 4.31 Å². The zero-order valence-corrected chi connectivity index (χ0v) is 15.7. The number of nitrogens with zero attached hydrogens (tertiary/aromatic N) is 3. The van der Waals surface area contributed by atoms with Gasteiger partial charge in [-0.05, 0) is 24.3 Å². The molecule has 1 aliphatic rings. The topological polar surface area (TPSA) is 106 Å². The Morgan fingerprint density at radius 1 is 1.04 bits per heavy atom. The molecule has 1 fully saturated rings. The van der Waals surface area contributed by atoms with Gasteiger partial charge in [0.25, 0.3) is 11.8 Å². The quantitative estimate of drug-likeness (QED) is 0.792. The van der Waals surface area contributed by atoms with Crippen LogP contribution in [-0.4, -0.2) is 60.2 Å². The average molecular weight is 412 g/mol. The Morgan fingerprint density at radius 3 is 2.21 bits per heavy atom. The maximum absolute atomic E-state index is 13.3. The number of amides is 2. The number of primary amides is 1. The Kier molecular flexibility index (Phi) is 5.22. The first kappa shape index (κ1) is 20.0. The van der Waals surface area contributed by atoms with Crippen LogP contribution in [0.5, 0.6) is 0 Å². The van der Waals surface area contributed by atoms with E-state index >= 15 is 0 Å². The molecule has 8 nitrogen and oxygen atoms in total. The lowest BCUT2D eigenvalue weighted by Crippen LogP contribution is -2.50. The van der Waals surface area contributed by atoms with E-state index in [0.717, 1.165) is 12.1 Å². The first-order chi connectivity index (χ1) is 13.1. The highest BCUT2D eigenvalue weighted by Crippen LogP contribution is 2.21. The Bertz CT molecular complexity index is 1040. The molecule has 0 bridgehead atoms. The van der Waals surface area contributed by atoms with E-state index in [1.54, 1.807) is 0 Å². The molecule has 0 unspecified atom stereocenters. The summed E-state index contributed by atoms with van der Waals surface area (Å²) in [6.07, 6.45) is 1.30. The van der Waals surface area contributed by atoms with E-state index in [-0.39, 0.29) is 42.3 Å². The highest BCUT2D eigenvalue weighted by Gasteiger charge is 2.32. The first-order valence-corrected chi connectivity index (χ1v) is 9.76. The number of benzene rings is 1. The van der Waals surface area contributed by atoms with Crippen LogP contribution in [0.25, 0.3) is 0 Å². The molecule has 2 N–H and O–H groups in total. The number of rotatable bonds is 4. The van der Waals surface area contributed by atoms with Crippen molar-refractivity contribution in [1.82, 2.24) is 13.8 Å². The second kappa shape index (κ2) is 7.32. The molecule has 2 heterocycles. The molecule has 1 aromatic heterocycles. The molecule has 1 saturated heterocycles. The molecular formula is C17H18F2N4O4S. The SMILES string of the molecule is Cn1cc(S(=O)(=O)N2CCN(C(=O)c3ccc(F)c(F)c3)CC2)cc1C(N)=O. The lowest BCUT2D eigenvalue weighted by atomic mass is 10.1. The second-order valence-corrected chi connectivity index (χ2v) is 8.30. The Hall–Kier alpha value is -2.79. The third-order valence-electron chi connectivity index (χ3n) is 4.56. The van der Waals surface area contributed by atoms with Gasteiger partial charge in [-0.15, -0.1) is 0 Å². The van der Waals surface area contributed by atoms with Crippen LogP contribution in [0, 0.1) is 11.6 Å². The molecule has 0 saturated carbocycles. The molecule has 2 aromatic rings. The van der Waals surface area contributed by atoms with Crippen molar-refractivity contribution in [3.63, 3.8) is 0 Å². The number of hydrogen-bond donors (Lipinski definition) is 1. The summed E-state index contributed by atoms with van der Waals surface area (Å²) in [4.78, 5) is 25.1. The fraction of sp³-hybridized carbons (Fsp3) is 0.294. The summed E-state index contributed by atoms with van der Waals surface area (Å²) in [5.74, 6) is -3.43. The molecule has 28 heavy (non-hydrogen) atoms. The number of carbonyl (C=O) groups is 2. The van der Waals surface area contributed by atoms with E-state index in [1.165, 1.54) is 39.1 Å². The van der Waals surface area contributed by atoms with E-state index < -0.39 is 33.5 Å². The molecule has 0 atom stereocenters. The number of hydrogen-bond acceptors (Lipinski definition) is 4. The van der Waals surface area contributed by atoms with Gasteiger partial charge in [-0.25, -0.2) is 17.2 Å². The van der Waals surface area contributed by atoms with Crippen LogP contribution in [0.15, 0.2) is 35.4 Å². The zero-order chi connectivity index (χ0) is 20.6. The minimum Gasteiger partial charge on any atom is -0.364 e. The summed E-state index contributed by atoms with van der Waals surface area (Å²) in [6.45, 7) is 0.232. The van der Waals surface area contributed by atoms with Crippen LogP contribution in [-0.2, 0) is 17.1 Å². The molecule has 1 aliphatic heterocycles.